The average Bonchev–Trinajstić information content (AvgIpc) is 2.45. The van der Waals surface area contributed by atoms with Crippen molar-refractivity contribution in [1.29, 1.82) is 0 Å². The fraction of sp³-hybridized carbons (Fsp3) is 0.467. The van der Waals surface area contributed by atoms with Gasteiger partial charge in [0.1, 0.15) is 0 Å². The number of guanidine groups is 1. The number of nitrogens with one attached hydrogen (secondary N) is 3. The first kappa shape index (κ1) is 16.8. The molecule has 0 fully saturated rings. The number of carbonyl (C=O) groups excluding carboxylic acids is 1. The Bertz CT molecular complexity index is 477. The van der Waals surface area contributed by atoms with Crippen LogP contribution in [0.15, 0.2) is 29.3 Å². The molecule has 0 spiro atoms. The second kappa shape index (κ2) is 8.84. The summed E-state index contributed by atoms with van der Waals surface area (Å²) in [7, 11) is 3.42. The summed E-state index contributed by atoms with van der Waals surface area (Å²) < 4.78 is 0. The number of amides is 2. The Labute approximate surface area is 126 Å². The predicted molar refractivity (Wildman–Crippen MR) is 87.6 cm³/mol. The molecule has 6 heteroatoms. The zero-order chi connectivity index (χ0) is 15.7. The Hall–Kier alpha value is -2.24. The molecule has 0 unspecified atom stereocenters. The second-order valence-corrected chi connectivity index (χ2v) is 4.75. The standard InChI is InChI=1S/C15H25N5O/c1-5-16-14(17-6-2)18-11-12-8-7-9-13(10-12)19-15(21)20(3)4/h7-10H,5-6,11H2,1-4H3,(H,19,21)(H2,16,17,18). The topological polar surface area (TPSA) is 68.8 Å². The van der Waals surface area contributed by atoms with Gasteiger partial charge in [0.25, 0.3) is 0 Å². The highest BCUT2D eigenvalue weighted by molar-refractivity contribution is 5.89. The van der Waals surface area contributed by atoms with Crippen LogP contribution in [0.5, 0.6) is 0 Å². The summed E-state index contributed by atoms with van der Waals surface area (Å²) in [5.41, 5.74) is 1.81. The molecule has 0 aliphatic heterocycles. The van der Waals surface area contributed by atoms with Gasteiger partial charge in [-0.25, -0.2) is 9.79 Å². The lowest BCUT2D eigenvalue weighted by Gasteiger charge is -2.12. The van der Waals surface area contributed by atoms with Gasteiger partial charge < -0.3 is 20.9 Å². The van der Waals surface area contributed by atoms with Crippen molar-refractivity contribution >= 4 is 17.7 Å². The molecular formula is C15H25N5O. The second-order valence-electron chi connectivity index (χ2n) is 4.75. The third-order valence-electron chi connectivity index (χ3n) is 2.69. The van der Waals surface area contributed by atoms with Crippen LogP contribution in [0.25, 0.3) is 0 Å². The fourth-order valence-corrected chi connectivity index (χ4v) is 1.66. The van der Waals surface area contributed by atoms with Crippen LogP contribution in [0.3, 0.4) is 0 Å². The maximum absolute atomic E-state index is 11.6. The number of carbonyl (C=O) groups is 1. The van der Waals surface area contributed by atoms with Crippen LogP contribution in [0.4, 0.5) is 10.5 Å². The van der Waals surface area contributed by atoms with Crippen molar-refractivity contribution in [3.8, 4) is 0 Å². The van der Waals surface area contributed by atoms with Crippen LogP contribution < -0.4 is 16.0 Å². The zero-order valence-electron chi connectivity index (χ0n) is 13.2. The summed E-state index contributed by atoms with van der Waals surface area (Å²) in [6.07, 6.45) is 0. The van der Waals surface area contributed by atoms with Gasteiger partial charge in [-0.15, -0.1) is 0 Å². The van der Waals surface area contributed by atoms with Crippen LogP contribution >= 0.6 is 0 Å². The maximum atomic E-state index is 11.6. The Morgan fingerprint density at radius 1 is 1.19 bits per heavy atom. The van der Waals surface area contributed by atoms with Gasteiger partial charge in [0.05, 0.1) is 6.54 Å². The summed E-state index contributed by atoms with van der Waals surface area (Å²) in [4.78, 5) is 17.6. The Morgan fingerprint density at radius 2 is 1.86 bits per heavy atom. The van der Waals surface area contributed by atoms with E-state index in [1.54, 1.807) is 14.1 Å². The van der Waals surface area contributed by atoms with Gasteiger partial charge in [0, 0.05) is 32.9 Å². The van der Waals surface area contributed by atoms with E-state index < -0.39 is 0 Å². The molecule has 0 aromatic heterocycles. The van der Waals surface area contributed by atoms with Gasteiger partial charge in [0.2, 0.25) is 0 Å². The first-order chi connectivity index (χ1) is 10.1. The van der Waals surface area contributed by atoms with Crippen LogP contribution in [-0.4, -0.2) is 44.1 Å². The van der Waals surface area contributed by atoms with Crippen molar-refractivity contribution in [1.82, 2.24) is 15.5 Å². The van der Waals surface area contributed by atoms with Crippen molar-refractivity contribution in [3.63, 3.8) is 0 Å². The Kier molecular flexibility index (Phi) is 7.08. The van der Waals surface area contributed by atoms with Crippen LogP contribution in [-0.2, 0) is 6.54 Å². The summed E-state index contributed by atoms with van der Waals surface area (Å²) in [6.45, 7) is 6.27. The summed E-state index contributed by atoms with van der Waals surface area (Å²) in [5.74, 6) is 0.794. The van der Waals surface area contributed by atoms with E-state index in [-0.39, 0.29) is 6.03 Å². The molecule has 1 rings (SSSR count). The highest BCUT2D eigenvalue weighted by Gasteiger charge is 2.04. The SMILES string of the molecule is CCNC(=NCc1cccc(NC(=O)N(C)C)c1)NCC. The average molecular weight is 291 g/mol. The van der Waals surface area contributed by atoms with Gasteiger partial charge >= 0.3 is 6.03 Å². The van der Waals surface area contributed by atoms with Gasteiger partial charge in [-0.2, -0.15) is 0 Å². The van der Waals surface area contributed by atoms with E-state index in [1.807, 2.05) is 38.1 Å². The predicted octanol–water partition coefficient (Wildman–Crippen LogP) is 1.86. The zero-order valence-corrected chi connectivity index (χ0v) is 13.2. The van der Waals surface area contributed by atoms with Gasteiger partial charge in [-0.3, -0.25) is 0 Å². The molecule has 0 saturated carbocycles. The first-order valence-electron chi connectivity index (χ1n) is 7.16. The van der Waals surface area contributed by atoms with Crippen molar-refractivity contribution in [2.24, 2.45) is 4.99 Å². The molecule has 0 aliphatic carbocycles. The molecular weight excluding hydrogens is 266 g/mol. The molecule has 3 N–H and O–H groups in total. The molecule has 0 saturated heterocycles. The van der Waals surface area contributed by atoms with Gasteiger partial charge in [-0.05, 0) is 31.5 Å². The largest absolute Gasteiger partial charge is 0.357 e. The van der Waals surface area contributed by atoms with E-state index in [9.17, 15) is 4.79 Å². The van der Waals surface area contributed by atoms with Crippen molar-refractivity contribution in [2.75, 3.05) is 32.5 Å². The van der Waals surface area contributed by atoms with Crippen LogP contribution in [0.2, 0.25) is 0 Å². The number of hydrogen-bond acceptors (Lipinski definition) is 2. The molecule has 1 aromatic carbocycles. The maximum Gasteiger partial charge on any atom is 0.321 e. The minimum Gasteiger partial charge on any atom is -0.357 e. The molecule has 2 amide bonds. The van der Waals surface area contributed by atoms with Crippen molar-refractivity contribution in [3.05, 3.63) is 29.8 Å². The number of aliphatic imine (C=N–C) groups is 1. The van der Waals surface area contributed by atoms with Crippen LogP contribution in [0.1, 0.15) is 19.4 Å². The van der Waals surface area contributed by atoms with Gasteiger partial charge in [-0.1, -0.05) is 12.1 Å². The Morgan fingerprint density at radius 3 is 2.43 bits per heavy atom. The third-order valence-corrected chi connectivity index (χ3v) is 2.69. The lowest BCUT2D eigenvalue weighted by molar-refractivity contribution is 0.230. The molecule has 116 valence electrons. The van der Waals surface area contributed by atoms with Crippen molar-refractivity contribution in [2.45, 2.75) is 20.4 Å². The van der Waals surface area contributed by atoms with E-state index in [4.69, 9.17) is 0 Å². The van der Waals surface area contributed by atoms with E-state index >= 15 is 0 Å². The minimum absolute atomic E-state index is 0.142. The monoisotopic (exact) mass is 291 g/mol. The molecule has 0 aliphatic rings. The molecule has 0 bridgehead atoms. The lowest BCUT2D eigenvalue weighted by atomic mass is 10.2. The van der Waals surface area contributed by atoms with E-state index in [0.29, 0.717) is 6.54 Å². The van der Waals surface area contributed by atoms with E-state index in [1.165, 1.54) is 4.90 Å². The highest BCUT2D eigenvalue weighted by Crippen LogP contribution is 2.12. The number of urea groups is 1. The summed E-state index contributed by atoms with van der Waals surface area (Å²) >= 11 is 0. The van der Waals surface area contributed by atoms with Crippen LogP contribution in [0, 0.1) is 0 Å². The number of rotatable bonds is 5. The number of benzene rings is 1. The van der Waals surface area contributed by atoms with E-state index in [2.05, 4.69) is 20.9 Å². The molecule has 6 nitrogen and oxygen atoms in total. The summed E-state index contributed by atoms with van der Waals surface area (Å²) in [5, 5.41) is 9.18. The smallest absolute Gasteiger partial charge is 0.321 e. The summed E-state index contributed by atoms with van der Waals surface area (Å²) in [6, 6.07) is 7.56. The highest BCUT2D eigenvalue weighted by atomic mass is 16.2. The fourth-order valence-electron chi connectivity index (χ4n) is 1.66. The molecule has 21 heavy (non-hydrogen) atoms. The molecule has 1 aromatic rings. The normalized spacial score (nSPS) is 9.71. The van der Waals surface area contributed by atoms with Crippen molar-refractivity contribution < 1.29 is 4.79 Å². The lowest BCUT2D eigenvalue weighted by Crippen LogP contribution is -2.36. The van der Waals surface area contributed by atoms with E-state index in [0.717, 1.165) is 30.3 Å². The Balaban J connectivity index is 2.71. The quantitative estimate of drug-likeness (QED) is 0.573. The first-order valence-corrected chi connectivity index (χ1v) is 7.16. The van der Waals surface area contributed by atoms with Gasteiger partial charge in [0.15, 0.2) is 5.96 Å². The number of nitrogens with zero attached hydrogens (tertiary/aromatic N) is 2. The number of anilines is 1. The molecule has 0 radical (unpaired) electrons. The third kappa shape index (κ3) is 6.16. The minimum atomic E-state index is -0.142. The number of hydrogen-bond donors (Lipinski definition) is 3. The molecule has 0 atom stereocenters. The molecule has 0 heterocycles.